The smallest absolute Gasteiger partial charge is 0.255 e. The first-order valence-corrected chi connectivity index (χ1v) is 7.56. The van der Waals surface area contributed by atoms with Crippen LogP contribution >= 0.6 is 0 Å². The van der Waals surface area contributed by atoms with Gasteiger partial charge in [0.1, 0.15) is 0 Å². The maximum absolute atomic E-state index is 12.3. The van der Waals surface area contributed by atoms with E-state index in [1.54, 1.807) is 18.2 Å². The third kappa shape index (κ3) is 3.22. The number of rotatable bonds is 5. The van der Waals surface area contributed by atoms with Gasteiger partial charge in [0.05, 0.1) is 0 Å². The van der Waals surface area contributed by atoms with Crippen LogP contribution in [0.25, 0.3) is 0 Å². The zero-order valence-electron chi connectivity index (χ0n) is 12.6. The summed E-state index contributed by atoms with van der Waals surface area (Å²) in [5.74, 6) is 1.24. The number of carbonyl (C=O) groups is 1. The Morgan fingerprint density at radius 3 is 2.64 bits per heavy atom. The van der Waals surface area contributed by atoms with Crippen LogP contribution in [0.15, 0.2) is 42.5 Å². The molecule has 0 aromatic heterocycles. The molecular formula is C18H19NO3. The molecule has 0 saturated carbocycles. The molecule has 2 aromatic carbocycles. The summed E-state index contributed by atoms with van der Waals surface area (Å²) in [6, 6.07) is 13.2. The molecule has 1 amide bonds. The van der Waals surface area contributed by atoms with Crippen molar-refractivity contribution in [2.75, 3.05) is 12.1 Å². The van der Waals surface area contributed by atoms with E-state index in [0.717, 1.165) is 6.42 Å². The number of amides is 1. The highest BCUT2D eigenvalue weighted by molar-refractivity contribution is 6.04. The highest BCUT2D eigenvalue weighted by Gasteiger charge is 2.14. The van der Waals surface area contributed by atoms with Crippen LogP contribution in [0, 0.1) is 0 Å². The monoisotopic (exact) mass is 297 g/mol. The minimum atomic E-state index is -0.124. The number of hydrogen-bond donors (Lipinski definition) is 1. The standard InChI is InChI=1S/C18H19NO3/c1-2-3-4-13-5-7-14(8-6-13)18(20)19-15-9-10-16-17(11-15)22-12-21-16/h5-11H,2-4,12H2,1H3,(H,19,20). The van der Waals surface area contributed by atoms with Crippen molar-refractivity contribution in [2.45, 2.75) is 26.2 Å². The van der Waals surface area contributed by atoms with Gasteiger partial charge in [0.25, 0.3) is 5.91 Å². The molecular weight excluding hydrogens is 278 g/mol. The molecule has 114 valence electrons. The quantitative estimate of drug-likeness (QED) is 0.907. The maximum Gasteiger partial charge on any atom is 0.255 e. The fourth-order valence-corrected chi connectivity index (χ4v) is 2.38. The number of aryl methyl sites for hydroxylation is 1. The fraction of sp³-hybridized carbons (Fsp3) is 0.278. The van der Waals surface area contributed by atoms with Gasteiger partial charge in [-0.2, -0.15) is 0 Å². The highest BCUT2D eigenvalue weighted by atomic mass is 16.7. The van der Waals surface area contributed by atoms with Crippen LogP contribution in [0.2, 0.25) is 0 Å². The number of benzene rings is 2. The van der Waals surface area contributed by atoms with Gasteiger partial charge in [-0.1, -0.05) is 25.5 Å². The van der Waals surface area contributed by atoms with Gasteiger partial charge in [0.2, 0.25) is 6.79 Å². The molecule has 4 nitrogen and oxygen atoms in total. The largest absolute Gasteiger partial charge is 0.454 e. The zero-order chi connectivity index (χ0) is 15.4. The van der Waals surface area contributed by atoms with Gasteiger partial charge in [-0.05, 0) is 42.7 Å². The molecule has 3 rings (SSSR count). The van der Waals surface area contributed by atoms with Crippen LogP contribution in [-0.4, -0.2) is 12.7 Å². The highest BCUT2D eigenvalue weighted by Crippen LogP contribution is 2.34. The second-order valence-electron chi connectivity index (χ2n) is 5.32. The van der Waals surface area contributed by atoms with Crippen LogP contribution < -0.4 is 14.8 Å². The summed E-state index contributed by atoms with van der Waals surface area (Å²) >= 11 is 0. The number of anilines is 1. The Bertz CT molecular complexity index is 665. The summed E-state index contributed by atoms with van der Waals surface area (Å²) in [5, 5.41) is 2.88. The Labute approximate surface area is 130 Å². The van der Waals surface area contributed by atoms with Crippen LogP contribution in [0.3, 0.4) is 0 Å². The van der Waals surface area contributed by atoms with Gasteiger partial charge in [-0.15, -0.1) is 0 Å². The fourth-order valence-electron chi connectivity index (χ4n) is 2.38. The second-order valence-corrected chi connectivity index (χ2v) is 5.32. The lowest BCUT2D eigenvalue weighted by molar-refractivity contribution is 0.102. The van der Waals surface area contributed by atoms with Crippen molar-refractivity contribution in [3.05, 3.63) is 53.6 Å². The molecule has 1 N–H and O–H groups in total. The van der Waals surface area contributed by atoms with E-state index >= 15 is 0 Å². The third-order valence-corrected chi connectivity index (χ3v) is 3.67. The van der Waals surface area contributed by atoms with E-state index in [-0.39, 0.29) is 12.7 Å². The van der Waals surface area contributed by atoms with Crippen LogP contribution in [0.5, 0.6) is 11.5 Å². The predicted molar refractivity (Wildman–Crippen MR) is 85.6 cm³/mol. The number of unbranched alkanes of at least 4 members (excludes halogenated alkanes) is 1. The predicted octanol–water partition coefficient (Wildman–Crippen LogP) is 4.01. The molecule has 0 aliphatic carbocycles. The lowest BCUT2D eigenvalue weighted by atomic mass is 10.1. The van der Waals surface area contributed by atoms with E-state index in [1.807, 2.05) is 24.3 Å². The van der Waals surface area contributed by atoms with Gasteiger partial charge >= 0.3 is 0 Å². The molecule has 0 atom stereocenters. The molecule has 0 saturated heterocycles. The van der Waals surface area contributed by atoms with E-state index in [2.05, 4.69) is 12.2 Å². The van der Waals surface area contributed by atoms with Crippen LogP contribution in [0.1, 0.15) is 35.7 Å². The summed E-state index contributed by atoms with van der Waals surface area (Å²) < 4.78 is 10.6. The first-order chi connectivity index (χ1) is 10.8. The van der Waals surface area contributed by atoms with Crippen molar-refractivity contribution in [2.24, 2.45) is 0 Å². The Morgan fingerprint density at radius 2 is 1.86 bits per heavy atom. The Kier molecular flexibility index (Phi) is 4.28. The van der Waals surface area contributed by atoms with Crippen molar-refractivity contribution in [1.29, 1.82) is 0 Å². The normalized spacial score (nSPS) is 12.2. The van der Waals surface area contributed by atoms with Crippen molar-refractivity contribution in [3.8, 4) is 11.5 Å². The molecule has 2 aromatic rings. The van der Waals surface area contributed by atoms with Gasteiger partial charge < -0.3 is 14.8 Å². The molecule has 0 unspecified atom stereocenters. The number of ether oxygens (including phenoxy) is 2. The van der Waals surface area contributed by atoms with Gasteiger partial charge in [-0.25, -0.2) is 0 Å². The SMILES string of the molecule is CCCCc1ccc(C(=O)Nc2ccc3c(c2)OCO3)cc1. The van der Waals surface area contributed by atoms with Crippen molar-refractivity contribution in [1.82, 2.24) is 0 Å². The van der Waals surface area contributed by atoms with E-state index in [9.17, 15) is 4.79 Å². The molecule has 22 heavy (non-hydrogen) atoms. The van der Waals surface area contributed by atoms with Crippen molar-refractivity contribution in [3.63, 3.8) is 0 Å². The molecule has 0 radical (unpaired) electrons. The molecule has 0 spiro atoms. The zero-order valence-corrected chi connectivity index (χ0v) is 12.6. The van der Waals surface area contributed by atoms with Crippen molar-refractivity contribution >= 4 is 11.6 Å². The van der Waals surface area contributed by atoms with E-state index in [0.29, 0.717) is 22.7 Å². The van der Waals surface area contributed by atoms with Gasteiger partial charge in [-0.3, -0.25) is 4.79 Å². The first kappa shape index (κ1) is 14.4. The lowest BCUT2D eigenvalue weighted by Crippen LogP contribution is -2.11. The Hall–Kier alpha value is -2.49. The first-order valence-electron chi connectivity index (χ1n) is 7.56. The molecule has 4 heteroatoms. The topological polar surface area (TPSA) is 47.6 Å². The molecule has 1 heterocycles. The second kappa shape index (κ2) is 6.52. The number of hydrogen-bond acceptors (Lipinski definition) is 3. The Morgan fingerprint density at radius 1 is 1.09 bits per heavy atom. The Balaban J connectivity index is 1.66. The average molecular weight is 297 g/mol. The summed E-state index contributed by atoms with van der Waals surface area (Å²) in [4.78, 5) is 12.3. The van der Waals surface area contributed by atoms with Gasteiger partial charge in [0, 0.05) is 17.3 Å². The maximum atomic E-state index is 12.3. The molecule has 0 bridgehead atoms. The summed E-state index contributed by atoms with van der Waals surface area (Å²) in [6.45, 7) is 2.40. The van der Waals surface area contributed by atoms with Crippen LogP contribution in [-0.2, 0) is 6.42 Å². The van der Waals surface area contributed by atoms with Gasteiger partial charge in [0.15, 0.2) is 11.5 Å². The number of fused-ring (bicyclic) bond motifs is 1. The van der Waals surface area contributed by atoms with E-state index < -0.39 is 0 Å². The summed E-state index contributed by atoms with van der Waals surface area (Å²) in [7, 11) is 0. The summed E-state index contributed by atoms with van der Waals surface area (Å²) in [5.41, 5.74) is 2.61. The van der Waals surface area contributed by atoms with Crippen LogP contribution in [0.4, 0.5) is 5.69 Å². The summed E-state index contributed by atoms with van der Waals surface area (Å²) in [6.07, 6.45) is 3.40. The van der Waals surface area contributed by atoms with E-state index in [4.69, 9.17) is 9.47 Å². The minimum absolute atomic E-state index is 0.124. The van der Waals surface area contributed by atoms with Crippen molar-refractivity contribution < 1.29 is 14.3 Å². The number of carbonyl (C=O) groups excluding carboxylic acids is 1. The molecule has 1 aliphatic heterocycles. The molecule has 1 aliphatic rings. The van der Waals surface area contributed by atoms with E-state index in [1.165, 1.54) is 18.4 Å². The third-order valence-electron chi connectivity index (χ3n) is 3.67. The molecule has 0 fully saturated rings. The minimum Gasteiger partial charge on any atom is -0.454 e. The lowest BCUT2D eigenvalue weighted by Gasteiger charge is -2.07. The average Bonchev–Trinajstić information content (AvgIpc) is 3.01. The number of nitrogens with one attached hydrogen (secondary N) is 1.